The molecule has 1 amide bonds. The molecule has 0 saturated heterocycles. The third-order valence-electron chi connectivity index (χ3n) is 3.88. The van der Waals surface area contributed by atoms with Crippen molar-refractivity contribution in [3.63, 3.8) is 0 Å². The summed E-state index contributed by atoms with van der Waals surface area (Å²) >= 11 is 3.42. The van der Waals surface area contributed by atoms with Gasteiger partial charge < -0.3 is 9.32 Å². The van der Waals surface area contributed by atoms with Gasteiger partial charge in [-0.1, -0.05) is 12.1 Å². The smallest absolute Gasteiger partial charge is 0.436 e. The Morgan fingerprint density at radius 3 is 2.58 bits per heavy atom. The van der Waals surface area contributed by atoms with Gasteiger partial charge in [-0.25, -0.2) is 4.98 Å². The van der Waals surface area contributed by atoms with Gasteiger partial charge in [0, 0.05) is 16.7 Å². The summed E-state index contributed by atoms with van der Waals surface area (Å²) in [6, 6.07) is 10.2. The zero-order chi connectivity index (χ0) is 19.1. The summed E-state index contributed by atoms with van der Waals surface area (Å²) in [6.45, 7) is 3.07. The lowest BCUT2D eigenvalue weighted by atomic mass is 10.1. The van der Waals surface area contributed by atoms with Crippen LogP contribution in [0.4, 0.5) is 18.9 Å². The van der Waals surface area contributed by atoms with Gasteiger partial charge in [-0.05, 0) is 59.6 Å². The van der Waals surface area contributed by atoms with Crippen molar-refractivity contribution >= 4 is 38.6 Å². The molecule has 26 heavy (non-hydrogen) atoms. The maximum Gasteiger partial charge on any atom is 0.471 e. The minimum Gasteiger partial charge on any atom is -0.436 e. The molecule has 4 nitrogen and oxygen atoms in total. The van der Waals surface area contributed by atoms with Crippen LogP contribution in [0.3, 0.4) is 0 Å². The van der Waals surface area contributed by atoms with Gasteiger partial charge in [0.25, 0.3) is 0 Å². The fourth-order valence-corrected chi connectivity index (χ4v) is 3.14. The molecule has 0 atom stereocenters. The van der Waals surface area contributed by atoms with Crippen molar-refractivity contribution in [3.05, 3.63) is 46.4 Å². The number of carbonyl (C=O) groups is 1. The summed E-state index contributed by atoms with van der Waals surface area (Å²) in [4.78, 5) is 16.7. The fraction of sp³-hybridized carbons (Fsp3) is 0.222. The quantitative estimate of drug-likeness (QED) is 0.556. The van der Waals surface area contributed by atoms with Crippen molar-refractivity contribution in [1.29, 1.82) is 0 Å². The molecular formula is C18H14BrF3N2O2. The number of carbonyl (C=O) groups excluding carboxylic acids is 1. The van der Waals surface area contributed by atoms with Crippen LogP contribution in [0, 0.1) is 6.92 Å². The second-order valence-electron chi connectivity index (χ2n) is 5.66. The Morgan fingerprint density at radius 2 is 1.96 bits per heavy atom. The number of nitrogens with zero attached hydrogens (tertiary/aromatic N) is 2. The molecule has 0 bridgehead atoms. The molecule has 0 aliphatic heterocycles. The molecule has 0 N–H and O–H groups in total. The molecule has 0 saturated carbocycles. The summed E-state index contributed by atoms with van der Waals surface area (Å²) in [5.74, 6) is -1.56. The third kappa shape index (κ3) is 3.33. The van der Waals surface area contributed by atoms with E-state index in [2.05, 4.69) is 20.9 Å². The lowest BCUT2D eigenvalue weighted by molar-refractivity contribution is -0.170. The number of benzene rings is 2. The summed E-state index contributed by atoms with van der Waals surface area (Å²) < 4.78 is 45.1. The Hall–Kier alpha value is -2.35. The van der Waals surface area contributed by atoms with Crippen LogP contribution in [0.2, 0.25) is 0 Å². The molecule has 3 rings (SSSR count). The Labute approximate surface area is 155 Å². The predicted octanol–water partition coefficient (Wildman–Crippen LogP) is 5.48. The summed E-state index contributed by atoms with van der Waals surface area (Å²) in [5.41, 5.74) is 2.31. The highest BCUT2D eigenvalue weighted by Gasteiger charge is 2.42. The van der Waals surface area contributed by atoms with E-state index in [1.165, 1.54) is 19.1 Å². The van der Waals surface area contributed by atoms with Gasteiger partial charge in [0.15, 0.2) is 5.58 Å². The van der Waals surface area contributed by atoms with E-state index in [1.807, 2.05) is 24.3 Å². The summed E-state index contributed by atoms with van der Waals surface area (Å²) in [7, 11) is 0. The van der Waals surface area contributed by atoms with E-state index in [1.54, 1.807) is 6.92 Å². The monoisotopic (exact) mass is 426 g/mol. The second-order valence-corrected chi connectivity index (χ2v) is 6.51. The first-order valence-electron chi connectivity index (χ1n) is 7.77. The molecule has 0 radical (unpaired) electrons. The Balaban J connectivity index is 2.11. The van der Waals surface area contributed by atoms with Crippen LogP contribution >= 0.6 is 15.9 Å². The number of alkyl halides is 3. The number of aromatic nitrogens is 1. The highest BCUT2D eigenvalue weighted by atomic mass is 79.9. The first-order chi connectivity index (χ1) is 12.2. The van der Waals surface area contributed by atoms with Gasteiger partial charge in [-0.3, -0.25) is 4.79 Å². The van der Waals surface area contributed by atoms with E-state index in [0.29, 0.717) is 27.5 Å². The zero-order valence-corrected chi connectivity index (χ0v) is 15.5. The lowest BCUT2D eigenvalue weighted by Gasteiger charge is -2.22. The van der Waals surface area contributed by atoms with Gasteiger partial charge in [0.2, 0.25) is 5.89 Å². The molecule has 0 unspecified atom stereocenters. The van der Waals surface area contributed by atoms with Gasteiger partial charge in [-0.2, -0.15) is 13.2 Å². The number of hydrogen-bond acceptors (Lipinski definition) is 3. The first-order valence-corrected chi connectivity index (χ1v) is 8.56. The van der Waals surface area contributed by atoms with E-state index in [4.69, 9.17) is 4.42 Å². The van der Waals surface area contributed by atoms with Crippen LogP contribution < -0.4 is 4.90 Å². The van der Waals surface area contributed by atoms with Crippen molar-refractivity contribution in [2.45, 2.75) is 20.0 Å². The summed E-state index contributed by atoms with van der Waals surface area (Å²) in [6.07, 6.45) is -4.94. The van der Waals surface area contributed by atoms with Crippen LogP contribution in [0.15, 0.2) is 45.3 Å². The van der Waals surface area contributed by atoms with Crippen molar-refractivity contribution in [2.24, 2.45) is 0 Å². The van der Waals surface area contributed by atoms with Crippen LogP contribution in [0.25, 0.3) is 22.6 Å². The molecule has 0 aliphatic rings. The largest absolute Gasteiger partial charge is 0.471 e. The molecule has 1 heterocycles. The number of rotatable bonds is 3. The number of amides is 1. The lowest BCUT2D eigenvalue weighted by Crippen LogP contribution is -2.41. The molecule has 3 aromatic rings. The third-order valence-corrected chi connectivity index (χ3v) is 4.57. The Morgan fingerprint density at radius 1 is 1.27 bits per heavy atom. The van der Waals surface area contributed by atoms with E-state index in [-0.39, 0.29) is 12.2 Å². The number of aryl methyl sites for hydroxylation is 1. The highest BCUT2D eigenvalue weighted by molar-refractivity contribution is 9.10. The maximum atomic E-state index is 12.8. The zero-order valence-electron chi connectivity index (χ0n) is 13.9. The Bertz CT molecular complexity index is 982. The molecular weight excluding hydrogens is 413 g/mol. The predicted molar refractivity (Wildman–Crippen MR) is 96.0 cm³/mol. The highest BCUT2D eigenvalue weighted by Crippen LogP contribution is 2.34. The normalized spacial score (nSPS) is 11.8. The summed E-state index contributed by atoms with van der Waals surface area (Å²) in [5, 5.41) is 0. The number of halogens is 4. The topological polar surface area (TPSA) is 46.3 Å². The van der Waals surface area contributed by atoms with E-state index in [0.717, 1.165) is 10.0 Å². The van der Waals surface area contributed by atoms with E-state index >= 15 is 0 Å². The standard InChI is InChI=1S/C18H14BrF3N2O2/c1-3-24(17(25)18(20,21)22)11-8-10(2)15-14(9-11)23-16(26-15)12-6-4-5-7-13(12)19/h4-9H,3H2,1-2H3. The SMILES string of the molecule is CCN(C(=O)C(F)(F)F)c1cc(C)c2oc(-c3ccccc3Br)nc2c1. The molecule has 0 aliphatic carbocycles. The number of anilines is 1. The minimum atomic E-state index is -4.94. The molecule has 2 aromatic carbocycles. The van der Waals surface area contributed by atoms with E-state index in [9.17, 15) is 18.0 Å². The average Bonchev–Trinajstić information content (AvgIpc) is 2.99. The number of hydrogen-bond donors (Lipinski definition) is 0. The molecule has 0 spiro atoms. The maximum absolute atomic E-state index is 12.8. The molecule has 136 valence electrons. The van der Waals surface area contributed by atoms with Gasteiger partial charge in [0.1, 0.15) is 5.52 Å². The van der Waals surface area contributed by atoms with Crippen LogP contribution in [-0.4, -0.2) is 23.6 Å². The van der Waals surface area contributed by atoms with E-state index < -0.39 is 12.1 Å². The fourth-order valence-electron chi connectivity index (χ4n) is 2.68. The first kappa shape index (κ1) is 18.4. The number of oxazole rings is 1. The van der Waals surface area contributed by atoms with Gasteiger partial charge in [0.05, 0.1) is 5.56 Å². The van der Waals surface area contributed by atoms with Crippen molar-refractivity contribution < 1.29 is 22.4 Å². The van der Waals surface area contributed by atoms with Crippen LogP contribution in [-0.2, 0) is 4.79 Å². The molecule has 1 aromatic heterocycles. The molecule has 0 fully saturated rings. The van der Waals surface area contributed by atoms with Gasteiger partial charge >= 0.3 is 12.1 Å². The number of fused-ring (bicyclic) bond motifs is 1. The minimum absolute atomic E-state index is 0.113. The van der Waals surface area contributed by atoms with Gasteiger partial charge in [-0.15, -0.1) is 0 Å². The van der Waals surface area contributed by atoms with Crippen LogP contribution in [0.1, 0.15) is 12.5 Å². The van der Waals surface area contributed by atoms with Crippen LogP contribution in [0.5, 0.6) is 0 Å². The molecule has 8 heteroatoms. The van der Waals surface area contributed by atoms with Crippen molar-refractivity contribution in [3.8, 4) is 11.5 Å². The van der Waals surface area contributed by atoms with Crippen molar-refractivity contribution in [2.75, 3.05) is 11.4 Å². The second kappa shape index (κ2) is 6.75. The van der Waals surface area contributed by atoms with Crippen molar-refractivity contribution in [1.82, 2.24) is 4.98 Å². The Kier molecular flexibility index (Phi) is 4.79. The average molecular weight is 427 g/mol.